The number of ketones is 1. The molecule has 0 saturated carbocycles. The number of Topliss-reactive ketones (excluding diaryl/α,β-unsaturated/α-hetero) is 1. The molecule has 3 rings (SSSR count). The number of nitrogens with one attached hydrogen (secondary N) is 1. The first-order valence-corrected chi connectivity index (χ1v) is 13.9. The maximum Gasteiger partial charge on any atom is 0.407 e. The summed E-state index contributed by atoms with van der Waals surface area (Å²) in [7, 11) is 0. The molecule has 0 bridgehead atoms. The summed E-state index contributed by atoms with van der Waals surface area (Å²) < 4.78 is 5.34. The van der Waals surface area contributed by atoms with Crippen molar-refractivity contribution in [3.05, 3.63) is 69.7 Å². The Morgan fingerprint density at radius 3 is 2.34 bits per heavy atom. The second-order valence-electron chi connectivity index (χ2n) is 11.5. The minimum absolute atomic E-state index is 0.0112. The van der Waals surface area contributed by atoms with Gasteiger partial charge in [0.2, 0.25) is 0 Å². The minimum atomic E-state index is -2.43. The fourth-order valence-corrected chi connectivity index (χ4v) is 5.11. The van der Waals surface area contributed by atoms with Crippen molar-refractivity contribution < 1.29 is 34.1 Å². The first-order chi connectivity index (χ1) is 19.1. The largest absolute Gasteiger partial charge is 0.444 e. The van der Waals surface area contributed by atoms with E-state index in [1.54, 1.807) is 52.8 Å². The average Bonchev–Trinajstić information content (AvgIpc) is 3.39. The average molecular weight is 588 g/mol. The van der Waals surface area contributed by atoms with Gasteiger partial charge in [-0.25, -0.2) is 4.79 Å². The summed E-state index contributed by atoms with van der Waals surface area (Å²) in [5.41, 5.74) is 2.62. The molecular formula is C30H38ClN3O7. The van der Waals surface area contributed by atoms with Crippen LogP contribution in [0.25, 0.3) is 0 Å². The highest BCUT2D eigenvalue weighted by molar-refractivity contribution is 6.31. The van der Waals surface area contributed by atoms with E-state index in [0.29, 0.717) is 12.8 Å². The normalized spacial score (nSPS) is 17.6. The van der Waals surface area contributed by atoms with Crippen molar-refractivity contribution >= 4 is 35.3 Å². The summed E-state index contributed by atoms with van der Waals surface area (Å²) in [6.45, 7) is 8.41. The van der Waals surface area contributed by atoms with Crippen molar-refractivity contribution in [2.45, 2.75) is 77.4 Å². The number of benzene rings is 2. The number of rotatable bonds is 9. The number of carbonyl (C=O) groups is 4. The van der Waals surface area contributed by atoms with Crippen LogP contribution in [0.15, 0.2) is 42.5 Å². The monoisotopic (exact) mass is 587 g/mol. The Kier molecular flexibility index (Phi) is 9.84. The van der Waals surface area contributed by atoms with Gasteiger partial charge in [0, 0.05) is 29.2 Å². The fourth-order valence-electron chi connectivity index (χ4n) is 4.89. The van der Waals surface area contributed by atoms with Crippen LogP contribution in [0.1, 0.15) is 74.5 Å². The molecule has 3 amide bonds. The number of carbonyl (C=O) groups excluding carboxylic acids is 4. The number of halogens is 1. The van der Waals surface area contributed by atoms with E-state index in [1.807, 2.05) is 0 Å². The van der Waals surface area contributed by atoms with Crippen molar-refractivity contribution in [3.8, 4) is 0 Å². The van der Waals surface area contributed by atoms with Crippen LogP contribution in [0, 0.1) is 5.92 Å². The van der Waals surface area contributed by atoms with E-state index < -0.39 is 47.0 Å². The van der Waals surface area contributed by atoms with Gasteiger partial charge < -0.3 is 30.9 Å². The molecule has 1 heterocycles. The molecule has 41 heavy (non-hydrogen) atoms. The molecule has 1 unspecified atom stereocenters. The summed E-state index contributed by atoms with van der Waals surface area (Å²) in [5, 5.41) is 24.9. The van der Waals surface area contributed by atoms with Crippen LogP contribution in [0.5, 0.6) is 0 Å². The van der Waals surface area contributed by atoms with Crippen LogP contribution >= 0.6 is 11.6 Å². The van der Waals surface area contributed by atoms with E-state index in [2.05, 4.69) is 5.32 Å². The Morgan fingerprint density at radius 2 is 1.78 bits per heavy atom. The summed E-state index contributed by atoms with van der Waals surface area (Å²) >= 11 is 6.46. The molecule has 1 aliphatic rings. The summed E-state index contributed by atoms with van der Waals surface area (Å²) in [6.07, 6.45) is -1.22. The lowest BCUT2D eigenvalue weighted by Gasteiger charge is -2.31. The number of hydrogen-bond acceptors (Lipinski definition) is 7. The van der Waals surface area contributed by atoms with E-state index >= 15 is 0 Å². The molecule has 0 aliphatic carbocycles. The van der Waals surface area contributed by atoms with Crippen LogP contribution in [-0.2, 0) is 26.5 Å². The topological polar surface area (TPSA) is 159 Å². The van der Waals surface area contributed by atoms with Gasteiger partial charge in [-0.05, 0) is 62.8 Å². The van der Waals surface area contributed by atoms with Crippen LogP contribution in [-0.4, -0.2) is 63.1 Å². The molecule has 2 aromatic carbocycles. The maximum absolute atomic E-state index is 14.1. The van der Waals surface area contributed by atoms with Crippen molar-refractivity contribution in [2.24, 2.45) is 11.7 Å². The number of ether oxygens (including phenoxy) is 1. The molecule has 0 radical (unpaired) electrons. The highest BCUT2D eigenvalue weighted by Gasteiger charge is 2.43. The minimum Gasteiger partial charge on any atom is -0.444 e. The van der Waals surface area contributed by atoms with Crippen LogP contribution in [0.3, 0.4) is 0 Å². The molecule has 1 saturated heterocycles. The molecule has 3 atom stereocenters. The van der Waals surface area contributed by atoms with E-state index in [-0.39, 0.29) is 46.3 Å². The van der Waals surface area contributed by atoms with Crippen LogP contribution in [0.2, 0.25) is 5.02 Å². The Hall–Kier alpha value is -3.47. The van der Waals surface area contributed by atoms with Gasteiger partial charge in [0.1, 0.15) is 11.7 Å². The molecule has 2 aromatic rings. The van der Waals surface area contributed by atoms with Gasteiger partial charge in [-0.3, -0.25) is 14.4 Å². The number of likely N-dealkylation sites (tertiary alicyclic amines) is 1. The highest BCUT2D eigenvalue weighted by atomic mass is 35.5. The van der Waals surface area contributed by atoms with E-state index in [0.717, 1.165) is 0 Å². The quantitative estimate of drug-likeness (QED) is 0.328. The van der Waals surface area contributed by atoms with Crippen LogP contribution < -0.4 is 11.1 Å². The van der Waals surface area contributed by atoms with Gasteiger partial charge in [0.05, 0.1) is 6.04 Å². The van der Waals surface area contributed by atoms with Crippen molar-refractivity contribution in [3.63, 3.8) is 0 Å². The number of nitrogens with zero attached hydrogens (tertiary/aromatic N) is 1. The van der Waals surface area contributed by atoms with E-state index in [9.17, 15) is 29.4 Å². The standard InChI is InChI=1S/C30H38ClN3O7/c1-17(2)24(35)26(37)34-13-9-12-23(34)25(36)20-14-19(31)15-22(21(20)16-33-28(39)41-29(3,4)5)30(40,27(32)38)18-10-7-6-8-11-18/h6-8,10-11,14-15,17,23-24,35,40H,9,12-13,16H2,1-5H3,(H2,32,38)(H,33,39)/t23-,24+,30?/m0/s1. The predicted octanol–water partition coefficient (Wildman–Crippen LogP) is 3.28. The second-order valence-corrected chi connectivity index (χ2v) is 12.0. The zero-order valence-electron chi connectivity index (χ0n) is 23.9. The SMILES string of the molecule is CC(C)[C@@H](O)C(=O)N1CCC[C@H]1C(=O)c1cc(Cl)cc(C(O)(C(N)=O)c2ccccc2)c1CNC(=O)OC(C)(C)C. The third kappa shape index (κ3) is 7.06. The van der Waals surface area contributed by atoms with E-state index in [1.165, 1.54) is 29.2 Å². The van der Waals surface area contributed by atoms with Crippen LogP contribution in [0.4, 0.5) is 4.79 Å². The Bertz CT molecular complexity index is 1310. The van der Waals surface area contributed by atoms with Gasteiger partial charge in [0.15, 0.2) is 11.4 Å². The molecule has 1 aliphatic heterocycles. The molecule has 0 spiro atoms. The van der Waals surface area contributed by atoms with Gasteiger partial charge in [-0.1, -0.05) is 55.8 Å². The Labute approximate surface area is 244 Å². The number of alkyl carbamates (subject to hydrolysis) is 1. The van der Waals surface area contributed by atoms with Gasteiger partial charge >= 0.3 is 6.09 Å². The zero-order valence-corrected chi connectivity index (χ0v) is 24.7. The lowest BCUT2D eigenvalue weighted by molar-refractivity contribution is -0.142. The van der Waals surface area contributed by atoms with Gasteiger partial charge in [-0.2, -0.15) is 0 Å². The smallest absolute Gasteiger partial charge is 0.407 e. The van der Waals surface area contributed by atoms with Crippen molar-refractivity contribution in [1.29, 1.82) is 0 Å². The first kappa shape index (κ1) is 32.0. The van der Waals surface area contributed by atoms with Crippen molar-refractivity contribution in [2.75, 3.05) is 6.54 Å². The second kappa shape index (κ2) is 12.6. The molecule has 0 aromatic heterocycles. The highest BCUT2D eigenvalue weighted by Crippen LogP contribution is 2.37. The lowest BCUT2D eigenvalue weighted by atomic mass is 9.80. The summed E-state index contributed by atoms with van der Waals surface area (Å²) in [5.74, 6) is -2.57. The van der Waals surface area contributed by atoms with Crippen molar-refractivity contribution in [1.82, 2.24) is 10.2 Å². The number of nitrogens with two attached hydrogens (primary N) is 1. The fraction of sp³-hybridized carbons (Fsp3) is 0.467. The third-order valence-corrected chi connectivity index (χ3v) is 7.17. The molecule has 11 heteroatoms. The number of amides is 3. The summed E-state index contributed by atoms with van der Waals surface area (Å²) in [4.78, 5) is 54.0. The predicted molar refractivity (Wildman–Crippen MR) is 153 cm³/mol. The molecule has 222 valence electrons. The zero-order chi connectivity index (χ0) is 30.7. The van der Waals surface area contributed by atoms with Gasteiger partial charge in [-0.15, -0.1) is 0 Å². The Balaban J connectivity index is 2.18. The molecule has 5 N–H and O–H groups in total. The lowest BCUT2D eigenvalue weighted by Crippen LogP contribution is -2.47. The van der Waals surface area contributed by atoms with Gasteiger partial charge in [0.25, 0.3) is 11.8 Å². The maximum atomic E-state index is 14.1. The third-order valence-electron chi connectivity index (χ3n) is 6.95. The first-order valence-electron chi connectivity index (χ1n) is 13.5. The number of aliphatic hydroxyl groups excluding tert-OH is 1. The number of hydrogen-bond donors (Lipinski definition) is 4. The number of aliphatic hydroxyl groups is 2. The Morgan fingerprint density at radius 1 is 1.15 bits per heavy atom. The van der Waals surface area contributed by atoms with E-state index in [4.69, 9.17) is 22.1 Å². The molecule has 10 nitrogen and oxygen atoms in total. The summed E-state index contributed by atoms with van der Waals surface area (Å²) in [6, 6.07) is 9.68. The molecular weight excluding hydrogens is 550 g/mol. The number of primary amides is 1. The molecule has 1 fully saturated rings.